The van der Waals surface area contributed by atoms with E-state index >= 15 is 0 Å². The van der Waals surface area contributed by atoms with Gasteiger partial charge in [-0.1, -0.05) is 0 Å². The molecule has 118 valence electrons. The molecule has 10 aliphatic rings. The molecule has 0 spiro atoms. The zero-order valence-electron chi connectivity index (χ0n) is 13.1. The van der Waals surface area contributed by atoms with E-state index in [1.54, 1.807) is 0 Å². The summed E-state index contributed by atoms with van der Waals surface area (Å²) in [5.41, 5.74) is -0.203. The maximum absolute atomic E-state index is 12.9. The normalized spacial score (nSPS) is 91.2. The molecule has 23 heavy (non-hydrogen) atoms. The van der Waals surface area contributed by atoms with Crippen LogP contribution in [-0.2, 0) is 4.79 Å². The van der Waals surface area contributed by atoms with Gasteiger partial charge in [-0.3, -0.25) is 4.79 Å². The summed E-state index contributed by atoms with van der Waals surface area (Å²) in [4.78, 5) is 12.9. The van der Waals surface area contributed by atoms with Crippen LogP contribution in [-0.4, -0.2) is 11.1 Å². The standard InChI is InChI=1S/C21H22O2/c22-20(23)21-17-5-1-3-7-4-2-6(17)11-9(4)14-12(7)13-8(3)10(5)18(21)15(13)16(14)19(11)21/h3-19H,1-2H2,(H,22,23)/t3-,4+,5-,6-,7?,8+,9-,10-,11-,12?,13+,14-,15+,16-,17?,18-,19-,21?/m1/s1. The number of hydrogen-bond acceptors (Lipinski definition) is 1. The van der Waals surface area contributed by atoms with Crippen molar-refractivity contribution < 1.29 is 9.90 Å². The zero-order chi connectivity index (χ0) is 14.3. The number of carboxylic acids is 1. The monoisotopic (exact) mass is 306 g/mol. The predicted molar refractivity (Wildman–Crippen MR) is 78.6 cm³/mol. The van der Waals surface area contributed by atoms with Gasteiger partial charge in [-0.2, -0.15) is 0 Å². The molecule has 0 heterocycles. The van der Waals surface area contributed by atoms with Crippen LogP contribution in [0.4, 0.5) is 0 Å². The first kappa shape index (κ1) is 10.5. The minimum Gasteiger partial charge on any atom is -0.481 e. The quantitative estimate of drug-likeness (QED) is 0.808. The van der Waals surface area contributed by atoms with Crippen molar-refractivity contribution in [3.05, 3.63) is 0 Å². The second-order valence-electron chi connectivity index (χ2n) is 11.7. The highest BCUT2D eigenvalue weighted by molar-refractivity contribution is 5.80. The molecule has 1 N–H and O–H groups in total. The Morgan fingerprint density at radius 3 is 1.65 bits per heavy atom. The second-order valence-corrected chi connectivity index (χ2v) is 11.7. The molecule has 0 aliphatic heterocycles. The van der Waals surface area contributed by atoms with Crippen LogP contribution in [0.3, 0.4) is 0 Å². The van der Waals surface area contributed by atoms with Crippen LogP contribution in [0.15, 0.2) is 0 Å². The van der Waals surface area contributed by atoms with Crippen molar-refractivity contribution in [3.63, 3.8) is 0 Å². The number of fused-ring (bicyclic) bond motifs is 4. The Morgan fingerprint density at radius 1 is 0.609 bits per heavy atom. The van der Waals surface area contributed by atoms with Crippen LogP contribution in [0.5, 0.6) is 0 Å². The van der Waals surface area contributed by atoms with Crippen LogP contribution in [0.1, 0.15) is 12.8 Å². The molecule has 0 saturated heterocycles. The highest BCUT2D eigenvalue weighted by atomic mass is 16.4. The van der Waals surface area contributed by atoms with Crippen LogP contribution in [0.25, 0.3) is 0 Å². The van der Waals surface area contributed by atoms with E-state index in [9.17, 15) is 9.90 Å². The van der Waals surface area contributed by atoms with Gasteiger partial charge in [0.2, 0.25) is 0 Å². The number of rotatable bonds is 1. The van der Waals surface area contributed by atoms with Gasteiger partial charge in [0.15, 0.2) is 0 Å². The zero-order valence-corrected chi connectivity index (χ0v) is 13.1. The SMILES string of the molecule is O=C(O)C12C3[C@@H]4C[C@@H]5C6C7[C@@H]8[C@@H]5[C@@H]4[C@@H]1[C@@H]8[C@H]1[C@@H]7[C@H]4[C@H]([C@H]12)[C@H]3C[C@@H]64. The average Bonchev–Trinajstić information content (AvgIpc) is 3.22. The minimum atomic E-state index is -0.308. The lowest BCUT2D eigenvalue weighted by Gasteiger charge is -2.39. The largest absolute Gasteiger partial charge is 0.481 e. The van der Waals surface area contributed by atoms with Crippen molar-refractivity contribution >= 4 is 5.97 Å². The van der Waals surface area contributed by atoms with Crippen LogP contribution in [0.2, 0.25) is 0 Å². The fraction of sp³-hybridized carbons (Fsp3) is 0.952. The highest BCUT2D eigenvalue weighted by Gasteiger charge is 2.97. The maximum Gasteiger partial charge on any atom is 0.310 e. The van der Waals surface area contributed by atoms with Crippen molar-refractivity contribution in [1.82, 2.24) is 0 Å². The summed E-state index contributed by atoms with van der Waals surface area (Å²) in [7, 11) is 0. The van der Waals surface area contributed by atoms with Gasteiger partial charge >= 0.3 is 5.97 Å². The molecule has 0 aromatic carbocycles. The third-order valence-electron chi connectivity index (χ3n) is 13.1. The van der Waals surface area contributed by atoms with Crippen LogP contribution in [0, 0.1) is 106 Å². The first-order valence-corrected chi connectivity index (χ1v) is 10.5. The molecular weight excluding hydrogens is 284 g/mol. The fourth-order valence-electron chi connectivity index (χ4n) is 14.7. The van der Waals surface area contributed by atoms with Gasteiger partial charge in [0.25, 0.3) is 0 Å². The third kappa shape index (κ3) is 0.570. The molecule has 2 nitrogen and oxygen atoms in total. The molecule has 2 heteroatoms. The van der Waals surface area contributed by atoms with Crippen LogP contribution >= 0.6 is 0 Å². The van der Waals surface area contributed by atoms with Crippen molar-refractivity contribution in [2.24, 2.45) is 106 Å². The summed E-state index contributed by atoms with van der Waals surface area (Å²) in [5, 5.41) is 10.6. The summed E-state index contributed by atoms with van der Waals surface area (Å²) in [6, 6.07) is 0. The number of hydrogen-bond donors (Lipinski definition) is 1. The van der Waals surface area contributed by atoms with E-state index in [4.69, 9.17) is 0 Å². The lowest BCUT2D eigenvalue weighted by atomic mass is 9.63. The summed E-state index contributed by atoms with van der Waals surface area (Å²) in [6.07, 6.45) is 2.96. The molecular formula is C21H22O2. The van der Waals surface area contributed by atoms with E-state index < -0.39 is 0 Å². The average molecular weight is 306 g/mol. The Kier molecular flexibility index (Phi) is 1.08. The Balaban J connectivity index is 1.46. The van der Waals surface area contributed by atoms with Gasteiger partial charge < -0.3 is 5.11 Å². The molecule has 10 rings (SSSR count). The highest BCUT2D eigenvalue weighted by Crippen LogP contribution is 2.99. The smallest absolute Gasteiger partial charge is 0.310 e. The number of carbonyl (C=O) groups is 1. The molecule has 0 radical (unpaired) electrons. The van der Waals surface area contributed by atoms with Gasteiger partial charge in [-0.15, -0.1) is 0 Å². The van der Waals surface area contributed by atoms with E-state index in [0.29, 0.717) is 17.8 Å². The van der Waals surface area contributed by atoms with E-state index in [2.05, 4.69) is 0 Å². The third-order valence-corrected chi connectivity index (χ3v) is 13.1. The van der Waals surface area contributed by atoms with Gasteiger partial charge in [0, 0.05) is 0 Å². The minimum absolute atomic E-state index is 0.203. The lowest BCUT2D eigenvalue weighted by Crippen LogP contribution is -2.44. The van der Waals surface area contributed by atoms with Crippen molar-refractivity contribution in [2.75, 3.05) is 0 Å². The number of carboxylic acid groups (broad SMARTS) is 1. The van der Waals surface area contributed by atoms with Crippen molar-refractivity contribution in [1.29, 1.82) is 0 Å². The van der Waals surface area contributed by atoms with Gasteiger partial charge in [0.05, 0.1) is 5.41 Å². The molecule has 10 saturated carbocycles. The molecule has 0 aromatic rings. The Morgan fingerprint density at radius 2 is 1.13 bits per heavy atom. The Bertz CT molecular complexity index is 729. The summed E-state index contributed by atoms with van der Waals surface area (Å²) >= 11 is 0. The summed E-state index contributed by atoms with van der Waals surface area (Å²) in [6.45, 7) is 0. The summed E-state index contributed by atoms with van der Waals surface area (Å²) < 4.78 is 0. The van der Waals surface area contributed by atoms with Crippen LogP contribution < -0.4 is 0 Å². The molecule has 0 bridgehead atoms. The molecule has 0 amide bonds. The van der Waals surface area contributed by atoms with Gasteiger partial charge in [-0.25, -0.2) is 0 Å². The van der Waals surface area contributed by atoms with Gasteiger partial charge in [0.1, 0.15) is 0 Å². The first-order chi connectivity index (χ1) is 11.3. The first-order valence-electron chi connectivity index (χ1n) is 10.5. The van der Waals surface area contributed by atoms with E-state index in [1.165, 1.54) is 12.8 Å². The number of aliphatic carboxylic acids is 1. The molecule has 4 unspecified atom stereocenters. The Hall–Kier alpha value is -0.530. The van der Waals surface area contributed by atoms with Crippen molar-refractivity contribution in [3.8, 4) is 0 Å². The molecule has 0 aromatic heterocycles. The Labute approximate surface area is 135 Å². The van der Waals surface area contributed by atoms with Crippen molar-refractivity contribution in [2.45, 2.75) is 12.8 Å². The molecule has 10 aliphatic carbocycles. The van der Waals surface area contributed by atoms with E-state index in [0.717, 1.165) is 82.9 Å². The topological polar surface area (TPSA) is 37.3 Å². The lowest BCUT2D eigenvalue weighted by molar-refractivity contribution is -0.157. The summed E-state index contributed by atoms with van der Waals surface area (Å²) in [5.74, 6) is 15.3. The second kappa shape index (κ2) is 2.38. The maximum atomic E-state index is 12.9. The molecule has 10 fully saturated rings. The van der Waals surface area contributed by atoms with Gasteiger partial charge in [-0.05, 0) is 113 Å². The van der Waals surface area contributed by atoms with E-state index in [-0.39, 0.29) is 11.4 Å². The van der Waals surface area contributed by atoms with E-state index in [1.807, 2.05) is 0 Å². The molecule has 18 atom stereocenters. The fourth-order valence-corrected chi connectivity index (χ4v) is 14.7. The predicted octanol–water partition coefficient (Wildman–Crippen LogP) is 2.45.